The quantitative estimate of drug-likeness (QED) is 0.440. The van der Waals surface area contributed by atoms with Crippen molar-refractivity contribution in [2.24, 2.45) is 0 Å². The molecule has 5 heteroatoms. The van der Waals surface area contributed by atoms with E-state index in [4.69, 9.17) is 14.6 Å². The molecular formula is C7H12O5. The van der Waals surface area contributed by atoms with Crippen molar-refractivity contribution in [2.75, 3.05) is 13.2 Å². The Morgan fingerprint density at radius 3 is 2.83 bits per heavy atom. The summed E-state index contributed by atoms with van der Waals surface area (Å²) in [5.41, 5.74) is -1.32. The maximum atomic E-state index is 9.83. The Balaban J connectivity index is 2.23. The van der Waals surface area contributed by atoms with Crippen molar-refractivity contribution in [1.82, 2.24) is 0 Å². The molecule has 4 atom stereocenters. The summed E-state index contributed by atoms with van der Waals surface area (Å²) in [5.74, 6) is 0. The molecule has 0 aromatic rings. The number of fused-ring (bicyclic) bond motifs is 2. The molecule has 2 aliphatic heterocycles. The lowest BCUT2D eigenvalue weighted by molar-refractivity contribution is -0.188. The van der Waals surface area contributed by atoms with Crippen molar-refractivity contribution >= 4 is 0 Å². The Hall–Kier alpha value is -0.200. The van der Waals surface area contributed by atoms with E-state index in [-0.39, 0.29) is 6.61 Å². The highest BCUT2D eigenvalue weighted by molar-refractivity contribution is 5.03. The molecule has 0 aliphatic carbocycles. The molecule has 0 amide bonds. The van der Waals surface area contributed by atoms with Crippen molar-refractivity contribution in [1.29, 1.82) is 0 Å². The number of aliphatic hydroxyl groups is 3. The van der Waals surface area contributed by atoms with Crippen LogP contribution in [0.15, 0.2) is 0 Å². The second-order valence-corrected chi connectivity index (χ2v) is 3.23. The van der Waals surface area contributed by atoms with Gasteiger partial charge in [0.15, 0.2) is 6.29 Å². The molecule has 5 nitrogen and oxygen atoms in total. The largest absolute Gasteiger partial charge is 0.394 e. The van der Waals surface area contributed by atoms with E-state index >= 15 is 0 Å². The van der Waals surface area contributed by atoms with Crippen LogP contribution in [0.25, 0.3) is 0 Å². The van der Waals surface area contributed by atoms with Gasteiger partial charge in [0.05, 0.1) is 13.2 Å². The third-order valence-corrected chi connectivity index (χ3v) is 2.58. The van der Waals surface area contributed by atoms with Crippen molar-refractivity contribution in [3.05, 3.63) is 0 Å². The van der Waals surface area contributed by atoms with Gasteiger partial charge in [0.1, 0.15) is 17.8 Å². The van der Waals surface area contributed by atoms with Crippen LogP contribution >= 0.6 is 0 Å². The number of rotatable bonds is 1. The van der Waals surface area contributed by atoms with Gasteiger partial charge in [0.25, 0.3) is 0 Å². The van der Waals surface area contributed by atoms with Crippen LogP contribution in [0, 0.1) is 0 Å². The van der Waals surface area contributed by atoms with Gasteiger partial charge >= 0.3 is 0 Å². The van der Waals surface area contributed by atoms with Gasteiger partial charge in [0.2, 0.25) is 0 Å². The Labute approximate surface area is 69.5 Å². The Morgan fingerprint density at radius 1 is 1.50 bits per heavy atom. The summed E-state index contributed by atoms with van der Waals surface area (Å²) in [6.45, 7) is 0.0577. The predicted molar refractivity (Wildman–Crippen MR) is 37.3 cm³/mol. The maximum absolute atomic E-state index is 9.83. The van der Waals surface area contributed by atoms with E-state index in [0.717, 1.165) is 0 Å². The van der Waals surface area contributed by atoms with E-state index in [0.29, 0.717) is 13.0 Å². The first kappa shape index (κ1) is 8.40. The molecule has 2 saturated heterocycles. The fraction of sp³-hybridized carbons (Fsp3) is 1.00. The van der Waals surface area contributed by atoms with E-state index < -0.39 is 24.1 Å². The van der Waals surface area contributed by atoms with Gasteiger partial charge in [-0.3, -0.25) is 0 Å². The third kappa shape index (κ3) is 0.915. The van der Waals surface area contributed by atoms with Crippen LogP contribution in [-0.2, 0) is 9.47 Å². The molecule has 2 rings (SSSR count). The van der Waals surface area contributed by atoms with Crippen molar-refractivity contribution in [3.63, 3.8) is 0 Å². The molecule has 12 heavy (non-hydrogen) atoms. The third-order valence-electron chi connectivity index (χ3n) is 2.58. The summed E-state index contributed by atoms with van der Waals surface area (Å²) in [4.78, 5) is 0. The van der Waals surface area contributed by atoms with Gasteiger partial charge in [-0.15, -0.1) is 0 Å². The Bertz CT molecular complexity index is 185. The van der Waals surface area contributed by atoms with Crippen LogP contribution < -0.4 is 0 Å². The van der Waals surface area contributed by atoms with E-state index in [2.05, 4.69) is 0 Å². The zero-order valence-corrected chi connectivity index (χ0v) is 6.51. The van der Waals surface area contributed by atoms with Crippen LogP contribution in [0.4, 0.5) is 0 Å². The SMILES string of the molecule is OC[C@H]1O[C@@H]2OCC[C@@]1(O)[C@H]2O. The summed E-state index contributed by atoms with van der Waals surface area (Å²) in [7, 11) is 0. The minimum absolute atomic E-state index is 0.298. The summed E-state index contributed by atoms with van der Waals surface area (Å²) >= 11 is 0. The van der Waals surface area contributed by atoms with Crippen molar-refractivity contribution in [3.8, 4) is 0 Å². The second-order valence-electron chi connectivity index (χ2n) is 3.23. The molecular weight excluding hydrogens is 164 g/mol. The molecule has 70 valence electrons. The van der Waals surface area contributed by atoms with Gasteiger partial charge in [-0.2, -0.15) is 0 Å². The predicted octanol–water partition coefficient (Wildman–Crippen LogP) is -1.78. The summed E-state index contributed by atoms with van der Waals surface area (Å²) < 4.78 is 10.1. The van der Waals surface area contributed by atoms with Crippen molar-refractivity contribution < 1.29 is 24.8 Å². The molecule has 0 aromatic heterocycles. The molecule has 2 fully saturated rings. The van der Waals surface area contributed by atoms with E-state index in [1.54, 1.807) is 0 Å². The van der Waals surface area contributed by atoms with Gasteiger partial charge in [0, 0.05) is 6.42 Å². The van der Waals surface area contributed by atoms with Crippen LogP contribution in [0.5, 0.6) is 0 Å². The minimum Gasteiger partial charge on any atom is -0.394 e. The van der Waals surface area contributed by atoms with Gasteiger partial charge in [-0.05, 0) is 0 Å². The fourth-order valence-corrected chi connectivity index (χ4v) is 1.76. The van der Waals surface area contributed by atoms with Gasteiger partial charge in [-0.1, -0.05) is 0 Å². The van der Waals surface area contributed by atoms with Gasteiger partial charge < -0.3 is 24.8 Å². The zero-order valence-electron chi connectivity index (χ0n) is 6.51. The molecule has 2 heterocycles. The number of aliphatic hydroxyl groups excluding tert-OH is 2. The second kappa shape index (κ2) is 2.65. The van der Waals surface area contributed by atoms with Crippen molar-refractivity contribution in [2.45, 2.75) is 30.5 Å². The first-order valence-corrected chi connectivity index (χ1v) is 3.97. The Morgan fingerprint density at radius 2 is 2.25 bits per heavy atom. The normalized spacial score (nSPS) is 52.8. The summed E-state index contributed by atoms with van der Waals surface area (Å²) in [6, 6.07) is 0. The molecule has 0 spiro atoms. The number of hydrogen-bond acceptors (Lipinski definition) is 5. The monoisotopic (exact) mass is 176 g/mol. The van der Waals surface area contributed by atoms with E-state index in [1.807, 2.05) is 0 Å². The topological polar surface area (TPSA) is 79.2 Å². The summed E-state index contributed by atoms with van der Waals surface area (Å²) in [6.07, 6.45) is -2.24. The highest BCUT2D eigenvalue weighted by Crippen LogP contribution is 2.37. The van der Waals surface area contributed by atoms with E-state index in [9.17, 15) is 10.2 Å². The molecule has 0 aromatic carbocycles. The molecule has 0 saturated carbocycles. The minimum atomic E-state index is -1.32. The molecule has 0 unspecified atom stereocenters. The first-order chi connectivity index (χ1) is 5.68. The molecule has 0 radical (unpaired) electrons. The molecule has 2 aliphatic rings. The lowest BCUT2D eigenvalue weighted by Gasteiger charge is -2.32. The number of ether oxygens (including phenoxy) is 2. The number of hydrogen-bond donors (Lipinski definition) is 3. The smallest absolute Gasteiger partial charge is 0.186 e. The standard InChI is InChI=1S/C7H12O5/c8-3-4-7(10)1-2-11-6(12-4)5(7)9/h4-6,8-10H,1-3H2/t4-,5+,6+,7+/m1/s1. The highest BCUT2D eigenvalue weighted by atomic mass is 16.7. The lowest BCUT2D eigenvalue weighted by Crippen LogP contribution is -2.53. The first-order valence-electron chi connectivity index (χ1n) is 3.97. The fourth-order valence-electron chi connectivity index (χ4n) is 1.76. The van der Waals surface area contributed by atoms with Gasteiger partial charge in [-0.25, -0.2) is 0 Å². The maximum Gasteiger partial charge on any atom is 0.186 e. The van der Waals surface area contributed by atoms with Crippen LogP contribution in [0.3, 0.4) is 0 Å². The molecule has 2 bridgehead atoms. The average molecular weight is 176 g/mol. The average Bonchev–Trinajstić information content (AvgIpc) is 2.22. The zero-order chi connectivity index (χ0) is 8.77. The lowest BCUT2D eigenvalue weighted by atomic mass is 9.88. The Kier molecular flexibility index (Phi) is 1.85. The van der Waals surface area contributed by atoms with Crippen LogP contribution in [0.1, 0.15) is 6.42 Å². The summed E-state index contributed by atoms with van der Waals surface area (Å²) in [5, 5.41) is 28.1. The van der Waals surface area contributed by atoms with Crippen LogP contribution in [0.2, 0.25) is 0 Å². The highest BCUT2D eigenvalue weighted by Gasteiger charge is 2.57. The molecule has 3 N–H and O–H groups in total. The van der Waals surface area contributed by atoms with E-state index in [1.165, 1.54) is 0 Å². The van der Waals surface area contributed by atoms with Crippen LogP contribution in [-0.4, -0.2) is 52.6 Å².